The van der Waals surface area contributed by atoms with E-state index in [0.29, 0.717) is 33.2 Å². The summed E-state index contributed by atoms with van der Waals surface area (Å²) in [6, 6.07) is 23.2. The van der Waals surface area contributed by atoms with Crippen molar-refractivity contribution < 1.29 is 19.1 Å². The van der Waals surface area contributed by atoms with E-state index < -0.39 is 11.8 Å². The largest absolute Gasteiger partial charge is 0.496 e. The first-order valence-corrected chi connectivity index (χ1v) is 10.7. The highest BCUT2D eigenvalue weighted by Crippen LogP contribution is 2.43. The number of ether oxygens (including phenoxy) is 1. The van der Waals surface area contributed by atoms with Crippen LogP contribution in [0.1, 0.15) is 12.5 Å². The molecule has 0 aromatic heterocycles. The summed E-state index contributed by atoms with van der Waals surface area (Å²) in [7, 11) is 1.53. The second-order valence-corrected chi connectivity index (χ2v) is 8.08. The highest BCUT2D eigenvalue weighted by atomic mass is 32.2. The number of carbonyl (C=O) groups excluding carboxylic acids is 3. The Hall–Kier alpha value is -3.84. The molecule has 0 atom stereocenters. The summed E-state index contributed by atoms with van der Waals surface area (Å²) in [6.45, 7) is 1.41. The summed E-state index contributed by atoms with van der Waals surface area (Å²) in [6.07, 6.45) is 0. The van der Waals surface area contributed by atoms with Crippen molar-refractivity contribution in [3.63, 3.8) is 0 Å². The zero-order valence-corrected chi connectivity index (χ0v) is 18.3. The van der Waals surface area contributed by atoms with E-state index in [-0.39, 0.29) is 5.91 Å². The molecule has 0 saturated carbocycles. The minimum absolute atomic E-state index is 0.201. The van der Waals surface area contributed by atoms with E-state index in [9.17, 15) is 14.4 Å². The molecule has 3 aromatic rings. The Labute approximate surface area is 189 Å². The molecular formula is C25H20N2O4S. The molecule has 4 rings (SSSR count). The van der Waals surface area contributed by atoms with Crippen LogP contribution in [0.3, 0.4) is 0 Å². The minimum atomic E-state index is -0.426. The smallest absolute Gasteiger partial charge is 0.272 e. The van der Waals surface area contributed by atoms with Crippen molar-refractivity contribution in [3.8, 4) is 5.75 Å². The number of anilines is 2. The van der Waals surface area contributed by atoms with Crippen molar-refractivity contribution in [1.29, 1.82) is 0 Å². The monoisotopic (exact) mass is 444 g/mol. The van der Waals surface area contributed by atoms with Gasteiger partial charge in [0.15, 0.2) is 0 Å². The Morgan fingerprint density at radius 3 is 2.19 bits per heavy atom. The fourth-order valence-corrected chi connectivity index (χ4v) is 4.44. The molecule has 0 bridgehead atoms. The van der Waals surface area contributed by atoms with Crippen LogP contribution in [0.5, 0.6) is 5.75 Å². The van der Waals surface area contributed by atoms with Gasteiger partial charge in [-0.25, -0.2) is 4.90 Å². The van der Waals surface area contributed by atoms with Crippen molar-refractivity contribution in [2.45, 2.75) is 11.8 Å². The number of imide groups is 1. The molecule has 1 aliphatic rings. The van der Waals surface area contributed by atoms with E-state index in [4.69, 9.17) is 4.74 Å². The van der Waals surface area contributed by atoms with Gasteiger partial charge in [-0.05, 0) is 42.5 Å². The number of para-hydroxylation sites is 1. The third-order valence-electron chi connectivity index (χ3n) is 4.83. The molecule has 0 fully saturated rings. The van der Waals surface area contributed by atoms with Gasteiger partial charge in [0, 0.05) is 23.1 Å². The fraction of sp³-hybridized carbons (Fsp3) is 0.0800. The topological polar surface area (TPSA) is 75.7 Å². The van der Waals surface area contributed by atoms with Crippen LogP contribution in [0.4, 0.5) is 11.4 Å². The molecule has 160 valence electrons. The Balaban J connectivity index is 1.78. The molecule has 1 heterocycles. The number of rotatable bonds is 6. The summed E-state index contributed by atoms with van der Waals surface area (Å²) in [5, 5.41) is 2.68. The van der Waals surface area contributed by atoms with E-state index in [1.807, 2.05) is 36.4 Å². The summed E-state index contributed by atoms with van der Waals surface area (Å²) in [5.41, 5.74) is 1.86. The Morgan fingerprint density at radius 2 is 1.53 bits per heavy atom. The first kappa shape index (κ1) is 21.4. The predicted octanol–water partition coefficient (Wildman–Crippen LogP) is 4.73. The average Bonchev–Trinajstić information content (AvgIpc) is 3.04. The maximum Gasteiger partial charge on any atom is 0.272 e. The number of carbonyl (C=O) groups is 3. The van der Waals surface area contributed by atoms with Gasteiger partial charge in [-0.15, -0.1) is 0 Å². The zero-order valence-electron chi connectivity index (χ0n) is 17.5. The quantitative estimate of drug-likeness (QED) is 0.557. The molecule has 0 spiro atoms. The van der Waals surface area contributed by atoms with Crippen LogP contribution < -0.4 is 15.0 Å². The molecule has 3 aromatic carbocycles. The highest BCUT2D eigenvalue weighted by Gasteiger charge is 2.41. The average molecular weight is 445 g/mol. The number of thioether (sulfide) groups is 1. The molecule has 0 saturated heterocycles. The van der Waals surface area contributed by atoms with Crippen LogP contribution in [-0.2, 0) is 14.4 Å². The van der Waals surface area contributed by atoms with Crippen molar-refractivity contribution in [3.05, 3.63) is 89.3 Å². The van der Waals surface area contributed by atoms with E-state index in [1.54, 1.807) is 42.5 Å². The number of hydrogen-bond donors (Lipinski definition) is 1. The normalized spacial score (nSPS) is 13.5. The Bertz CT molecular complexity index is 1220. The Morgan fingerprint density at radius 1 is 0.875 bits per heavy atom. The number of nitrogens with one attached hydrogen (secondary N) is 1. The van der Waals surface area contributed by atoms with Gasteiger partial charge in [0.1, 0.15) is 5.75 Å². The second kappa shape index (κ2) is 9.11. The van der Waals surface area contributed by atoms with Crippen LogP contribution in [-0.4, -0.2) is 24.8 Å². The van der Waals surface area contributed by atoms with E-state index in [2.05, 4.69) is 5.32 Å². The number of methoxy groups -OCH3 is 1. The van der Waals surface area contributed by atoms with E-state index >= 15 is 0 Å². The molecular weight excluding hydrogens is 424 g/mol. The number of nitrogens with zero attached hydrogens (tertiary/aromatic N) is 1. The fourth-order valence-electron chi connectivity index (χ4n) is 3.43. The summed E-state index contributed by atoms with van der Waals surface area (Å²) < 4.78 is 5.47. The molecule has 1 aliphatic heterocycles. The van der Waals surface area contributed by atoms with Gasteiger partial charge < -0.3 is 10.1 Å². The summed E-state index contributed by atoms with van der Waals surface area (Å²) in [4.78, 5) is 40.7. The molecule has 32 heavy (non-hydrogen) atoms. The van der Waals surface area contributed by atoms with Gasteiger partial charge in [0.25, 0.3) is 11.8 Å². The van der Waals surface area contributed by atoms with Crippen LogP contribution in [0.25, 0.3) is 5.57 Å². The molecule has 0 radical (unpaired) electrons. The molecule has 0 aliphatic carbocycles. The van der Waals surface area contributed by atoms with Crippen molar-refractivity contribution >= 4 is 46.4 Å². The lowest BCUT2D eigenvalue weighted by molar-refractivity contribution is -0.120. The molecule has 1 N–H and O–H groups in total. The van der Waals surface area contributed by atoms with Crippen LogP contribution in [0.15, 0.2) is 88.7 Å². The maximum absolute atomic E-state index is 13.6. The van der Waals surface area contributed by atoms with Crippen LogP contribution in [0, 0.1) is 0 Å². The lowest BCUT2D eigenvalue weighted by Crippen LogP contribution is -2.31. The summed E-state index contributed by atoms with van der Waals surface area (Å²) in [5.74, 6) is -0.521. The standard InChI is InChI=1S/C25H20N2O4S/c1-16(28)26-17-12-14-18(15-13-17)27-24(29)22(20-10-6-7-11-21(20)31-2)23(25(27)30)32-19-8-4-3-5-9-19/h3-15H,1-2H3,(H,26,28). The maximum atomic E-state index is 13.6. The van der Waals surface area contributed by atoms with E-state index in [0.717, 1.165) is 9.80 Å². The minimum Gasteiger partial charge on any atom is -0.496 e. The third kappa shape index (κ3) is 4.15. The van der Waals surface area contributed by atoms with Crippen LogP contribution in [0.2, 0.25) is 0 Å². The van der Waals surface area contributed by atoms with Crippen molar-refractivity contribution in [2.75, 3.05) is 17.3 Å². The highest BCUT2D eigenvalue weighted by molar-refractivity contribution is 8.04. The van der Waals surface area contributed by atoms with Crippen molar-refractivity contribution in [1.82, 2.24) is 0 Å². The number of hydrogen-bond acceptors (Lipinski definition) is 5. The van der Waals surface area contributed by atoms with Gasteiger partial charge in [-0.1, -0.05) is 48.2 Å². The zero-order chi connectivity index (χ0) is 22.7. The van der Waals surface area contributed by atoms with Crippen LogP contribution >= 0.6 is 11.8 Å². The SMILES string of the molecule is COc1ccccc1C1=C(Sc2ccccc2)C(=O)N(c2ccc(NC(C)=O)cc2)C1=O. The summed E-state index contributed by atoms with van der Waals surface area (Å²) >= 11 is 1.25. The van der Waals surface area contributed by atoms with Gasteiger partial charge in [0.05, 0.1) is 23.3 Å². The first-order valence-electron chi connectivity index (χ1n) is 9.86. The predicted molar refractivity (Wildman–Crippen MR) is 125 cm³/mol. The third-order valence-corrected chi connectivity index (χ3v) is 5.92. The van der Waals surface area contributed by atoms with Gasteiger partial charge >= 0.3 is 0 Å². The lowest BCUT2D eigenvalue weighted by Gasteiger charge is -2.16. The molecule has 6 nitrogen and oxygen atoms in total. The van der Waals surface area contributed by atoms with E-state index in [1.165, 1.54) is 25.8 Å². The Kier molecular flexibility index (Phi) is 6.09. The first-order chi connectivity index (χ1) is 15.5. The van der Waals surface area contributed by atoms with Gasteiger partial charge in [-0.3, -0.25) is 14.4 Å². The molecule has 3 amide bonds. The molecule has 7 heteroatoms. The van der Waals surface area contributed by atoms with Crippen molar-refractivity contribution in [2.24, 2.45) is 0 Å². The lowest BCUT2D eigenvalue weighted by atomic mass is 10.0. The van der Waals surface area contributed by atoms with Gasteiger partial charge in [-0.2, -0.15) is 0 Å². The van der Waals surface area contributed by atoms with Gasteiger partial charge in [0.2, 0.25) is 5.91 Å². The number of amides is 3. The number of benzene rings is 3. The second-order valence-electron chi connectivity index (χ2n) is 6.99. The molecule has 0 unspecified atom stereocenters.